The van der Waals surface area contributed by atoms with Gasteiger partial charge in [-0.2, -0.15) is 0 Å². The van der Waals surface area contributed by atoms with E-state index in [0.29, 0.717) is 17.8 Å². The quantitative estimate of drug-likeness (QED) is 0.674. The van der Waals surface area contributed by atoms with Gasteiger partial charge in [-0.1, -0.05) is 44.1 Å². The van der Waals surface area contributed by atoms with Crippen LogP contribution in [0.25, 0.3) is 5.57 Å². The van der Waals surface area contributed by atoms with Gasteiger partial charge >= 0.3 is 0 Å². The first-order valence-electron chi connectivity index (χ1n) is 11.8. The summed E-state index contributed by atoms with van der Waals surface area (Å²) in [6.45, 7) is 7.86. The molecule has 2 fully saturated rings. The van der Waals surface area contributed by atoms with Gasteiger partial charge in [-0.3, -0.25) is 9.78 Å². The Morgan fingerprint density at radius 2 is 1.91 bits per heavy atom. The molecule has 5 rings (SSSR count). The lowest BCUT2D eigenvalue weighted by Crippen LogP contribution is -2.48. The molecular formula is C27H36FN3O. The van der Waals surface area contributed by atoms with Crippen LogP contribution in [0.15, 0.2) is 47.8 Å². The summed E-state index contributed by atoms with van der Waals surface area (Å²) < 4.78 is 13.9. The van der Waals surface area contributed by atoms with Crippen LogP contribution in [-0.2, 0) is 4.79 Å². The summed E-state index contributed by atoms with van der Waals surface area (Å²) in [5, 5.41) is 0. The maximum absolute atomic E-state index is 13.9. The van der Waals surface area contributed by atoms with Gasteiger partial charge in [0.2, 0.25) is 5.91 Å². The summed E-state index contributed by atoms with van der Waals surface area (Å²) in [5.41, 5.74) is 9.49. The lowest BCUT2D eigenvalue weighted by atomic mass is 9.47. The first-order chi connectivity index (χ1) is 15.2. The molecule has 5 heteroatoms. The molecule has 3 aliphatic carbocycles. The molecule has 0 saturated heterocycles. The Hall–Kier alpha value is -2.27. The van der Waals surface area contributed by atoms with Crippen molar-refractivity contribution in [3.63, 3.8) is 0 Å². The summed E-state index contributed by atoms with van der Waals surface area (Å²) in [6.07, 6.45) is 13.9. The number of carbonyl (C=O) groups excluding carboxylic acids is 1. The molecule has 4 nitrogen and oxygen atoms in total. The van der Waals surface area contributed by atoms with E-state index in [9.17, 15) is 9.18 Å². The highest BCUT2D eigenvalue weighted by molar-refractivity contribution is 5.89. The van der Waals surface area contributed by atoms with Gasteiger partial charge in [0.25, 0.3) is 0 Å². The molecule has 2 heterocycles. The van der Waals surface area contributed by atoms with Crippen molar-refractivity contribution in [2.75, 3.05) is 20.6 Å². The van der Waals surface area contributed by atoms with Crippen LogP contribution < -0.4 is 5.73 Å². The molecule has 1 aromatic rings. The largest absolute Gasteiger partial charge is 0.342 e. The molecule has 1 aliphatic heterocycles. The molecule has 0 spiro atoms. The fraction of sp³-hybridized carbons (Fsp3) is 0.556. The predicted molar refractivity (Wildman–Crippen MR) is 127 cm³/mol. The lowest BCUT2D eigenvalue weighted by molar-refractivity contribution is -0.124. The maximum atomic E-state index is 13.9. The number of aromatic nitrogens is 1. The molecule has 32 heavy (non-hydrogen) atoms. The van der Waals surface area contributed by atoms with Gasteiger partial charge in [0.15, 0.2) is 0 Å². The second kappa shape index (κ2) is 8.26. The molecule has 5 atom stereocenters. The minimum Gasteiger partial charge on any atom is -0.342 e. The summed E-state index contributed by atoms with van der Waals surface area (Å²) in [5.74, 6) is 1.34. The number of carbonyl (C=O) groups is 1. The van der Waals surface area contributed by atoms with Crippen molar-refractivity contribution >= 4 is 11.5 Å². The second-order valence-corrected chi connectivity index (χ2v) is 10.3. The Labute approximate surface area is 191 Å². The highest BCUT2D eigenvalue weighted by Crippen LogP contribution is 2.65. The highest BCUT2D eigenvalue weighted by atomic mass is 19.1. The number of halogens is 1. The van der Waals surface area contributed by atoms with Gasteiger partial charge < -0.3 is 10.6 Å². The van der Waals surface area contributed by atoms with Gasteiger partial charge in [0.05, 0.1) is 6.20 Å². The van der Waals surface area contributed by atoms with Crippen molar-refractivity contribution in [3.05, 3.63) is 59.2 Å². The van der Waals surface area contributed by atoms with Crippen molar-refractivity contribution in [1.29, 1.82) is 0 Å². The first kappa shape index (κ1) is 22.9. The molecule has 1 amide bonds. The van der Waals surface area contributed by atoms with E-state index in [4.69, 9.17) is 0 Å². The van der Waals surface area contributed by atoms with Crippen LogP contribution in [0, 0.1) is 34.4 Å². The topological polar surface area (TPSA) is 59.2 Å². The first-order valence-corrected chi connectivity index (χ1v) is 11.8. The minimum atomic E-state index is -0.278. The van der Waals surface area contributed by atoms with Crippen molar-refractivity contribution in [2.45, 2.75) is 46.5 Å². The molecule has 4 aliphatic rings. The molecule has 2 saturated carbocycles. The van der Waals surface area contributed by atoms with Gasteiger partial charge in [0.1, 0.15) is 5.82 Å². The minimum absolute atomic E-state index is 0.0503. The number of hydrogen-bond donors (Lipinski definition) is 1. The molecule has 1 aromatic heterocycles. The van der Waals surface area contributed by atoms with Crippen LogP contribution in [-0.4, -0.2) is 36.4 Å². The molecule has 0 radical (unpaired) electrons. The van der Waals surface area contributed by atoms with E-state index >= 15 is 0 Å². The molecule has 0 bridgehead atoms. The standard InChI is InChI=1S/C26H31FN2O.CH5N/c1-16-11-19-21-6-5-20(17-12-18(27)15-28-14-17)25(21,2)8-7-22(19)26(3)9-10-29(4)24(30)13-23(16)26;1-2/h5-6,12-16,19,22H,7-11H2,1-4H3;2H2,1H3. The van der Waals surface area contributed by atoms with E-state index in [-0.39, 0.29) is 22.6 Å². The van der Waals surface area contributed by atoms with Crippen molar-refractivity contribution < 1.29 is 9.18 Å². The van der Waals surface area contributed by atoms with Gasteiger partial charge in [-0.15, -0.1) is 0 Å². The number of pyridine rings is 1. The number of nitrogens with zero attached hydrogens (tertiary/aromatic N) is 2. The Kier molecular flexibility index (Phi) is 5.91. The molecule has 0 aromatic carbocycles. The van der Waals surface area contributed by atoms with E-state index in [1.165, 1.54) is 30.0 Å². The Morgan fingerprint density at radius 3 is 2.62 bits per heavy atom. The van der Waals surface area contributed by atoms with Crippen molar-refractivity contribution in [1.82, 2.24) is 9.88 Å². The van der Waals surface area contributed by atoms with Gasteiger partial charge in [-0.25, -0.2) is 4.39 Å². The fourth-order valence-electron chi connectivity index (χ4n) is 7.07. The molecule has 172 valence electrons. The maximum Gasteiger partial charge on any atom is 0.246 e. The Morgan fingerprint density at radius 1 is 1.16 bits per heavy atom. The Balaban J connectivity index is 0.00000119. The smallest absolute Gasteiger partial charge is 0.246 e. The Bertz CT molecular complexity index is 1010. The predicted octanol–water partition coefficient (Wildman–Crippen LogP) is 4.99. The SMILES string of the molecule is CC1CC2C3=CC=C(c4cncc(F)c4)C3(C)CCC2C2(C)CCN(C)C(=O)C=C12.CN. The monoisotopic (exact) mass is 437 g/mol. The van der Waals surface area contributed by atoms with E-state index in [2.05, 4.69) is 43.6 Å². The fourth-order valence-corrected chi connectivity index (χ4v) is 7.07. The number of hydrogen-bond acceptors (Lipinski definition) is 3. The van der Waals surface area contributed by atoms with Crippen LogP contribution in [0.2, 0.25) is 0 Å². The van der Waals surface area contributed by atoms with Crippen LogP contribution in [0.4, 0.5) is 4.39 Å². The van der Waals surface area contributed by atoms with Gasteiger partial charge in [-0.05, 0) is 73.1 Å². The van der Waals surface area contributed by atoms with E-state index in [1.807, 2.05) is 18.0 Å². The van der Waals surface area contributed by atoms with E-state index in [1.54, 1.807) is 12.3 Å². The average molecular weight is 438 g/mol. The number of amides is 1. The molecule has 2 N–H and O–H groups in total. The number of fused-ring (bicyclic) bond motifs is 5. The lowest BCUT2D eigenvalue weighted by Gasteiger charge is -2.56. The molecular weight excluding hydrogens is 401 g/mol. The summed E-state index contributed by atoms with van der Waals surface area (Å²) in [4.78, 5) is 18.5. The second-order valence-electron chi connectivity index (χ2n) is 10.3. The normalized spacial score (nSPS) is 35.8. The van der Waals surface area contributed by atoms with Crippen LogP contribution in [0.1, 0.15) is 52.0 Å². The van der Waals surface area contributed by atoms with Crippen molar-refractivity contribution in [2.24, 2.45) is 34.3 Å². The van der Waals surface area contributed by atoms with Crippen LogP contribution >= 0.6 is 0 Å². The van der Waals surface area contributed by atoms with E-state index in [0.717, 1.165) is 37.8 Å². The number of allylic oxidation sites excluding steroid dienone is 5. The van der Waals surface area contributed by atoms with Crippen molar-refractivity contribution in [3.8, 4) is 0 Å². The van der Waals surface area contributed by atoms with Crippen LogP contribution in [0.5, 0.6) is 0 Å². The average Bonchev–Trinajstić information content (AvgIpc) is 3.08. The van der Waals surface area contributed by atoms with Gasteiger partial charge in [0, 0.05) is 31.3 Å². The number of rotatable bonds is 1. The summed E-state index contributed by atoms with van der Waals surface area (Å²) in [7, 11) is 3.42. The third-order valence-electron chi connectivity index (χ3n) is 8.76. The number of likely N-dealkylation sites (N-methyl/N-ethyl adjacent to an activating group) is 1. The summed E-state index contributed by atoms with van der Waals surface area (Å²) in [6, 6.07) is 1.62. The third-order valence-corrected chi connectivity index (χ3v) is 8.76. The highest BCUT2D eigenvalue weighted by Gasteiger charge is 2.55. The zero-order valence-corrected chi connectivity index (χ0v) is 20.0. The zero-order chi connectivity index (χ0) is 23.3. The van der Waals surface area contributed by atoms with Crippen LogP contribution in [0.3, 0.4) is 0 Å². The molecule has 5 unspecified atom stereocenters. The van der Waals surface area contributed by atoms with E-state index < -0.39 is 0 Å². The summed E-state index contributed by atoms with van der Waals surface area (Å²) >= 11 is 0. The number of nitrogens with two attached hydrogens (primary N) is 1. The third kappa shape index (κ3) is 3.37. The zero-order valence-electron chi connectivity index (χ0n) is 20.0.